The number of carbonyl (C=O) groups is 2. The number of nitrogens with zero attached hydrogens (tertiary/aromatic N) is 5. The highest BCUT2D eigenvalue weighted by molar-refractivity contribution is 5.96. The van der Waals surface area contributed by atoms with E-state index in [0.29, 0.717) is 22.4 Å². The van der Waals surface area contributed by atoms with Gasteiger partial charge in [-0.1, -0.05) is 6.92 Å². The van der Waals surface area contributed by atoms with Crippen molar-refractivity contribution in [2.24, 2.45) is 0 Å². The first-order valence-corrected chi connectivity index (χ1v) is 14.4. The van der Waals surface area contributed by atoms with Crippen molar-refractivity contribution in [1.29, 1.82) is 0 Å². The topological polar surface area (TPSA) is 130 Å². The molecule has 240 valence electrons. The number of carbonyl (C=O) groups excluding carboxylic acids is 2. The van der Waals surface area contributed by atoms with E-state index < -0.39 is 30.4 Å². The van der Waals surface area contributed by atoms with Crippen LogP contribution in [0.2, 0.25) is 0 Å². The molecule has 2 amide bonds. The van der Waals surface area contributed by atoms with E-state index in [0.717, 1.165) is 31.1 Å². The molecule has 1 saturated heterocycles. The second-order valence-corrected chi connectivity index (χ2v) is 10.7. The van der Waals surface area contributed by atoms with Gasteiger partial charge in [0.25, 0.3) is 12.3 Å². The van der Waals surface area contributed by atoms with Gasteiger partial charge in [0.1, 0.15) is 6.54 Å². The summed E-state index contributed by atoms with van der Waals surface area (Å²) in [5.74, 6) is -0.170. The Labute approximate surface area is 254 Å². The van der Waals surface area contributed by atoms with E-state index in [9.17, 15) is 31.5 Å². The highest BCUT2D eigenvalue weighted by Gasteiger charge is 2.38. The molecule has 4 N–H and O–H groups in total. The Bertz CT molecular complexity index is 1680. The Morgan fingerprint density at radius 3 is 2.69 bits per heavy atom. The van der Waals surface area contributed by atoms with E-state index in [1.54, 1.807) is 25.1 Å². The molecule has 2 atom stereocenters. The fraction of sp³-hybridized carbons (Fsp3) is 0.414. The molecule has 0 spiro atoms. The lowest BCUT2D eigenvalue weighted by Crippen LogP contribution is -2.46. The number of imidazole rings is 1. The standard InChI is InChI=1S/C29H32F5N9O2/c1-3-17-11-18(6-7-19(17)27(44)39-16(2)12-38-28(45)21-5-4-8-35-21)40-25-26-37-13-22(43(26)10-9-36-25)20-14-42(15-23(30)31)41-24(20)29(32,33)34/h6-7,9-11,13-14,16,21,23,35H,3-5,8,12,15H2,1-2H3,(H,36,40)(H,38,45)(H,39,44)/t16-,21+/m1/s1. The second-order valence-electron chi connectivity index (χ2n) is 10.7. The van der Waals surface area contributed by atoms with Crippen LogP contribution in [-0.2, 0) is 23.9 Å². The minimum Gasteiger partial charge on any atom is -0.353 e. The van der Waals surface area contributed by atoms with Crippen LogP contribution in [0.25, 0.3) is 16.9 Å². The zero-order chi connectivity index (χ0) is 32.3. The van der Waals surface area contributed by atoms with E-state index in [1.807, 2.05) is 6.92 Å². The predicted molar refractivity (Wildman–Crippen MR) is 155 cm³/mol. The summed E-state index contributed by atoms with van der Waals surface area (Å²) in [4.78, 5) is 33.9. The Morgan fingerprint density at radius 1 is 1.20 bits per heavy atom. The summed E-state index contributed by atoms with van der Waals surface area (Å²) in [5.41, 5.74) is 0.203. The molecule has 4 heterocycles. The van der Waals surface area contributed by atoms with Gasteiger partial charge in [-0.25, -0.2) is 18.7 Å². The number of benzene rings is 1. The molecule has 4 aromatic rings. The number of amides is 2. The first-order valence-electron chi connectivity index (χ1n) is 14.4. The molecule has 0 unspecified atom stereocenters. The number of rotatable bonds is 11. The molecule has 1 aromatic carbocycles. The minimum absolute atomic E-state index is 0.00521. The van der Waals surface area contributed by atoms with Gasteiger partial charge in [-0.3, -0.25) is 18.7 Å². The zero-order valence-electron chi connectivity index (χ0n) is 24.5. The largest absolute Gasteiger partial charge is 0.435 e. The fourth-order valence-electron chi connectivity index (χ4n) is 5.22. The van der Waals surface area contributed by atoms with Gasteiger partial charge in [-0.05, 0) is 56.5 Å². The number of aryl methyl sites for hydroxylation is 1. The van der Waals surface area contributed by atoms with E-state index in [2.05, 4.69) is 36.3 Å². The maximum absolute atomic E-state index is 13.8. The van der Waals surface area contributed by atoms with E-state index in [4.69, 9.17) is 0 Å². The number of fused-ring (bicyclic) bond motifs is 1. The van der Waals surface area contributed by atoms with Crippen molar-refractivity contribution in [3.63, 3.8) is 0 Å². The van der Waals surface area contributed by atoms with Crippen molar-refractivity contribution < 1.29 is 31.5 Å². The molecule has 45 heavy (non-hydrogen) atoms. The lowest BCUT2D eigenvalue weighted by atomic mass is 10.0. The molecule has 0 aliphatic carbocycles. The van der Waals surface area contributed by atoms with Crippen LogP contribution in [0.4, 0.5) is 33.5 Å². The summed E-state index contributed by atoms with van der Waals surface area (Å²) in [5, 5.41) is 15.4. The number of halogens is 5. The van der Waals surface area contributed by atoms with E-state index in [-0.39, 0.29) is 47.6 Å². The normalized spacial score (nSPS) is 15.9. The molecule has 0 radical (unpaired) electrons. The Balaban J connectivity index is 1.33. The first-order chi connectivity index (χ1) is 21.4. The van der Waals surface area contributed by atoms with Crippen LogP contribution in [0, 0.1) is 0 Å². The molecular weight excluding hydrogens is 601 g/mol. The average Bonchev–Trinajstić information content (AvgIpc) is 3.75. The van der Waals surface area contributed by atoms with Gasteiger partial charge in [0, 0.05) is 42.4 Å². The van der Waals surface area contributed by atoms with Gasteiger partial charge in [0.05, 0.1) is 23.5 Å². The van der Waals surface area contributed by atoms with E-state index in [1.165, 1.54) is 23.0 Å². The van der Waals surface area contributed by atoms with Crippen molar-refractivity contribution >= 4 is 29.0 Å². The van der Waals surface area contributed by atoms with Crippen LogP contribution in [-0.4, -0.2) is 67.6 Å². The molecule has 1 fully saturated rings. The SMILES string of the molecule is CCc1cc(Nc2nccn3c(-c4cn(CC(F)F)nc4C(F)(F)F)cnc23)ccc1C(=O)N[C@H](C)CNC(=O)[C@@H]1CCCN1. The van der Waals surface area contributed by atoms with Crippen molar-refractivity contribution in [2.45, 2.75) is 64.3 Å². The Kier molecular flexibility index (Phi) is 9.32. The molecule has 11 nitrogen and oxygen atoms in total. The number of hydrogen-bond donors (Lipinski definition) is 4. The van der Waals surface area contributed by atoms with Gasteiger partial charge in [0.2, 0.25) is 5.91 Å². The molecular formula is C29H32F5N9O2. The fourth-order valence-corrected chi connectivity index (χ4v) is 5.22. The summed E-state index contributed by atoms with van der Waals surface area (Å²) >= 11 is 0. The predicted octanol–water partition coefficient (Wildman–Crippen LogP) is 4.17. The molecule has 5 rings (SSSR count). The summed E-state index contributed by atoms with van der Waals surface area (Å²) < 4.78 is 69.0. The maximum Gasteiger partial charge on any atom is 0.435 e. The summed E-state index contributed by atoms with van der Waals surface area (Å²) in [6.07, 6.45) is -0.632. The zero-order valence-corrected chi connectivity index (χ0v) is 24.5. The average molecular weight is 634 g/mol. The van der Waals surface area contributed by atoms with Crippen LogP contribution < -0.4 is 21.3 Å². The number of anilines is 2. The van der Waals surface area contributed by atoms with Crippen molar-refractivity contribution in [2.75, 3.05) is 18.4 Å². The van der Waals surface area contributed by atoms with Gasteiger partial charge in [-0.15, -0.1) is 0 Å². The van der Waals surface area contributed by atoms with Crippen molar-refractivity contribution in [1.82, 2.24) is 40.1 Å². The minimum atomic E-state index is -4.88. The number of nitrogens with one attached hydrogen (secondary N) is 4. The van der Waals surface area contributed by atoms with Gasteiger partial charge >= 0.3 is 6.18 Å². The first kappa shape index (κ1) is 31.8. The molecule has 1 aliphatic rings. The van der Waals surface area contributed by atoms with Crippen LogP contribution in [0.1, 0.15) is 48.3 Å². The molecule has 3 aromatic heterocycles. The molecule has 1 aliphatic heterocycles. The van der Waals surface area contributed by atoms with Gasteiger partial charge in [0.15, 0.2) is 17.2 Å². The third-order valence-electron chi connectivity index (χ3n) is 7.39. The summed E-state index contributed by atoms with van der Waals surface area (Å²) in [6, 6.07) is 4.55. The van der Waals surface area contributed by atoms with Crippen LogP contribution in [0.15, 0.2) is 43.0 Å². The highest BCUT2D eigenvalue weighted by atomic mass is 19.4. The van der Waals surface area contributed by atoms with Crippen LogP contribution in [0.5, 0.6) is 0 Å². The van der Waals surface area contributed by atoms with Crippen molar-refractivity contribution in [3.8, 4) is 11.3 Å². The van der Waals surface area contributed by atoms with Gasteiger partial charge in [-0.2, -0.15) is 18.3 Å². The third kappa shape index (κ3) is 7.21. The lowest BCUT2D eigenvalue weighted by molar-refractivity contribution is -0.141. The Hall–Kier alpha value is -4.60. The maximum atomic E-state index is 13.8. The smallest absolute Gasteiger partial charge is 0.353 e. The summed E-state index contributed by atoms with van der Waals surface area (Å²) in [7, 11) is 0. The third-order valence-corrected chi connectivity index (χ3v) is 7.39. The van der Waals surface area contributed by atoms with Crippen LogP contribution in [0.3, 0.4) is 0 Å². The number of aromatic nitrogens is 5. The highest BCUT2D eigenvalue weighted by Crippen LogP contribution is 2.37. The monoisotopic (exact) mass is 633 g/mol. The number of alkyl halides is 5. The number of hydrogen-bond acceptors (Lipinski definition) is 7. The van der Waals surface area contributed by atoms with Crippen LogP contribution >= 0.6 is 0 Å². The second kappa shape index (κ2) is 13.2. The molecule has 16 heteroatoms. The molecule has 0 saturated carbocycles. The molecule has 0 bridgehead atoms. The van der Waals surface area contributed by atoms with Crippen molar-refractivity contribution in [3.05, 3.63) is 59.8 Å². The Morgan fingerprint density at radius 2 is 2.00 bits per heavy atom. The summed E-state index contributed by atoms with van der Waals surface area (Å²) in [6.45, 7) is 3.79. The lowest BCUT2D eigenvalue weighted by Gasteiger charge is -2.18. The quantitative estimate of drug-likeness (QED) is 0.183. The van der Waals surface area contributed by atoms with E-state index >= 15 is 0 Å². The van der Waals surface area contributed by atoms with Gasteiger partial charge < -0.3 is 21.3 Å².